The maximum atomic E-state index is 12.8. The van der Waals surface area contributed by atoms with Crippen LogP contribution in [0.25, 0.3) is 0 Å². The number of rotatable bonds is 2. The largest absolute Gasteiger partial charge is 0.416 e. The Bertz CT molecular complexity index is 520. The van der Waals surface area contributed by atoms with Crippen molar-refractivity contribution in [3.8, 4) is 0 Å². The molecule has 1 aliphatic rings. The molecule has 0 bridgehead atoms. The van der Waals surface area contributed by atoms with Gasteiger partial charge in [-0.1, -0.05) is 18.9 Å². The third-order valence-corrected chi connectivity index (χ3v) is 3.84. The summed E-state index contributed by atoms with van der Waals surface area (Å²) in [7, 11) is 0. The molecular formula is C14H17F3N2O. The Labute approximate surface area is 115 Å². The van der Waals surface area contributed by atoms with Crippen LogP contribution >= 0.6 is 0 Å². The van der Waals surface area contributed by atoms with Gasteiger partial charge in [0.2, 0.25) is 5.91 Å². The number of carbonyl (C=O) groups is 1. The van der Waals surface area contributed by atoms with Gasteiger partial charge in [-0.05, 0) is 37.5 Å². The molecule has 0 aromatic heterocycles. The van der Waals surface area contributed by atoms with Crippen molar-refractivity contribution >= 4 is 11.6 Å². The lowest BCUT2D eigenvalue weighted by atomic mass is 9.97. The topological polar surface area (TPSA) is 55.1 Å². The molecule has 2 rings (SSSR count). The first kappa shape index (κ1) is 14.8. The molecule has 1 aliphatic carbocycles. The van der Waals surface area contributed by atoms with E-state index < -0.39 is 23.2 Å². The fraction of sp³-hybridized carbons (Fsp3) is 0.500. The Morgan fingerprint density at radius 1 is 1.30 bits per heavy atom. The van der Waals surface area contributed by atoms with Gasteiger partial charge in [-0.15, -0.1) is 0 Å². The van der Waals surface area contributed by atoms with Crippen molar-refractivity contribution in [3.05, 3.63) is 29.3 Å². The molecule has 1 aromatic carbocycles. The van der Waals surface area contributed by atoms with E-state index in [-0.39, 0.29) is 11.3 Å². The zero-order valence-electron chi connectivity index (χ0n) is 11.2. The minimum absolute atomic E-state index is 0.00921. The summed E-state index contributed by atoms with van der Waals surface area (Å²) in [6.07, 6.45) is -1.57. The molecule has 3 nitrogen and oxygen atoms in total. The number of hydrogen-bond acceptors (Lipinski definition) is 2. The van der Waals surface area contributed by atoms with E-state index in [1.54, 1.807) is 0 Å². The summed E-state index contributed by atoms with van der Waals surface area (Å²) in [5.41, 5.74) is 4.47. The molecule has 3 N–H and O–H groups in total. The molecule has 110 valence electrons. The lowest BCUT2D eigenvalue weighted by Gasteiger charge is -2.23. The second kappa shape index (κ2) is 5.09. The number of benzene rings is 1. The van der Waals surface area contributed by atoms with Gasteiger partial charge in [0.1, 0.15) is 0 Å². The van der Waals surface area contributed by atoms with Crippen molar-refractivity contribution in [3.63, 3.8) is 0 Å². The minimum Gasteiger partial charge on any atom is -0.324 e. The third-order valence-electron chi connectivity index (χ3n) is 3.84. The van der Waals surface area contributed by atoms with E-state index in [0.29, 0.717) is 12.8 Å². The Balaban J connectivity index is 2.24. The van der Waals surface area contributed by atoms with Gasteiger partial charge in [0.25, 0.3) is 0 Å². The number of nitrogens with two attached hydrogens (primary N) is 1. The summed E-state index contributed by atoms with van der Waals surface area (Å²) in [4.78, 5) is 12.1. The summed E-state index contributed by atoms with van der Waals surface area (Å²) in [5, 5.41) is 2.54. The van der Waals surface area contributed by atoms with E-state index in [1.807, 2.05) is 0 Å². The number of hydrogen-bond donors (Lipinski definition) is 2. The van der Waals surface area contributed by atoms with E-state index in [1.165, 1.54) is 19.1 Å². The summed E-state index contributed by atoms with van der Waals surface area (Å²) in [6, 6.07) is 3.74. The van der Waals surface area contributed by atoms with Gasteiger partial charge < -0.3 is 11.1 Å². The standard InChI is InChI=1S/C14H17F3N2O/c1-9-10(14(15,16)17)5-4-6-11(9)19-12(20)13(18)7-2-3-8-13/h4-6H,2-3,7-8,18H2,1H3,(H,19,20). The Morgan fingerprint density at radius 3 is 2.45 bits per heavy atom. The fourth-order valence-electron chi connectivity index (χ4n) is 2.56. The highest BCUT2D eigenvalue weighted by Gasteiger charge is 2.38. The number of halogens is 3. The third kappa shape index (κ3) is 2.80. The molecule has 1 amide bonds. The summed E-state index contributed by atoms with van der Waals surface area (Å²) < 4.78 is 38.4. The zero-order valence-corrected chi connectivity index (χ0v) is 11.2. The monoisotopic (exact) mass is 286 g/mol. The van der Waals surface area contributed by atoms with Gasteiger partial charge in [-0.2, -0.15) is 13.2 Å². The lowest BCUT2D eigenvalue weighted by molar-refractivity contribution is -0.138. The SMILES string of the molecule is Cc1c(NC(=O)C2(N)CCCC2)cccc1C(F)(F)F. The first-order chi connectivity index (χ1) is 9.24. The van der Waals surface area contributed by atoms with Crippen LogP contribution in [0.4, 0.5) is 18.9 Å². The zero-order chi connectivity index (χ0) is 15.0. The molecule has 1 saturated carbocycles. The Morgan fingerprint density at radius 2 is 1.90 bits per heavy atom. The van der Waals surface area contributed by atoms with Crippen LogP contribution in [-0.2, 0) is 11.0 Å². The predicted octanol–water partition coefficient (Wildman–Crippen LogP) is 3.22. The number of anilines is 1. The molecule has 0 unspecified atom stereocenters. The van der Waals surface area contributed by atoms with Crippen LogP contribution in [-0.4, -0.2) is 11.4 Å². The molecule has 0 aliphatic heterocycles. The van der Waals surface area contributed by atoms with Crippen LogP contribution in [0.3, 0.4) is 0 Å². The molecule has 0 saturated heterocycles. The average molecular weight is 286 g/mol. The molecule has 1 fully saturated rings. The first-order valence-electron chi connectivity index (χ1n) is 6.51. The Hall–Kier alpha value is -1.56. The van der Waals surface area contributed by atoms with Crippen molar-refractivity contribution in [2.75, 3.05) is 5.32 Å². The van der Waals surface area contributed by atoms with Crippen molar-refractivity contribution in [2.45, 2.75) is 44.3 Å². The maximum Gasteiger partial charge on any atom is 0.416 e. The van der Waals surface area contributed by atoms with Crippen LogP contribution in [0.1, 0.15) is 36.8 Å². The van der Waals surface area contributed by atoms with Crippen molar-refractivity contribution < 1.29 is 18.0 Å². The summed E-state index contributed by atoms with van der Waals surface area (Å²) >= 11 is 0. The van der Waals surface area contributed by atoms with Gasteiger partial charge in [0.15, 0.2) is 0 Å². The van der Waals surface area contributed by atoms with Crippen LogP contribution < -0.4 is 11.1 Å². The molecule has 0 radical (unpaired) electrons. The lowest BCUT2D eigenvalue weighted by Crippen LogP contribution is -2.48. The molecule has 0 atom stereocenters. The van der Waals surface area contributed by atoms with E-state index in [0.717, 1.165) is 18.9 Å². The van der Waals surface area contributed by atoms with Crippen molar-refractivity contribution in [1.29, 1.82) is 0 Å². The smallest absolute Gasteiger partial charge is 0.324 e. The molecule has 0 spiro atoms. The maximum absolute atomic E-state index is 12.8. The van der Waals surface area contributed by atoms with Crippen LogP contribution in [0.15, 0.2) is 18.2 Å². The summed E-state index contributed by atoms with van der Waals surface area (Å²) in [5.74, 6) is -0.405. The van der Waals surface area contributed by atoms with Gasteiger partial charge in [0.05, 0.1) is 11.1 Å². The normalized spacial score (nSPS) is 18.1. The highest BCUT2D eigenvalue weighted by molar-refractivity contribution is 5.98. The van der Waals surface area contributed by atoms with Gasteiger partial charge in [0, 0.05) is 5.69 Å². The van der Waals surface area contributed by atoms with Crippen LogP contribution in [0.2, 0.25) is 0 Å². The van der Waals surface area contributed by atoms with Crippen LogP contribution in [0, 0.1) is 6.92 Å². The second-order valence-corrected chi connectivity index (χ2v) is 5.29. The molecular weight excluding hydrogens is 269 g/mol. The first-order valence-corrected chi connectivity index (χ1v) is 6.51. The average Bonchev–Trinajstić information content (AvgIpc) is 2.78. The summed E-state index contributed by atoms with van der Waals surface area (Å²) in [6.45, 7) is 1.34. The highest BCUT2D eigenvalue weighted by Crippen LogP contribution is 2.35. The minimum atomic E-state index is -4.43. The molecule has 1 aromatic rings. The van der Waals surface area contributed by atoms with Gasteiger partial charge >= 0.3 is 6.18 Å². The quantitative estimate of drug-likeness (QED) is 0.877. The van der Waals surface area contributed by atoms with Gasteiger partial charge in [-0.3, -0.25) is 4.79 Å². The number of carbonyl (C=O) groups excluding carboxylic acids is 1. The predicted molar refractivity (Wildman–Crippen MR) is 70.2 cm³/mol. The fourth-order valence-corrected chi connectivity index (χ4v) is 2.56. The number of amides is 1. The van der Waals surface area contributed by atoms with E-state index >= 15 is 0 Å². The second-order valence-electron chi connectivity index (χ2n) is 5.29. The van der Waals surface area contributed by atoms with E-state index in [2.05, 4.69) is 5.32 Å². The Kier molecular flexibility index (Phi) is 3.77. The number of nitrogens with one attached hydrogen (secondary N) is 1. The van der Waals surface area contributed by atoms with E-state index in [4.69, 9.17) is 5.73 Å². The molecule has 20 heavy (non-hydrogen) atoms. The van der Waals surface area contributed by atoms with Crippen molar-refractivity contribution in [2.24, 2.45) is 5.73 Å². The van der Waals surface area contributed by atoms with Gasteiger partial charge in [-0.25, -0.2) is 0 Å². The highest BCUT2D eigenvalue weighted by atomic mass is 19.4. The number of alkyl halides is 3. The van der Waals surface area contributed by atoms with Crippen molar-refractivity contribution in [1.82, 2.24) is 0 Å². The molecule has 0 heterocycles. The van der Waals surface area contributed by atoms with E-state index in [9.17, 15) is 18.0 Å². The molecule has 6 heteroatoms. The van der Waals surface area contributed by atoms with Crippen LogP contribution in [0.5, 0.6) is 0 Å².